The lowest BCUT2D eigenvalue weighted by Crippen LogP contribution is -2.31. The van der Waals surface area contributed by atoms with Crippen molar-refractivity contribution in [3.8, 4) is 0 Å². The first-order chi connectivity index (χ1) is 10.4. The van der Waals surface area contributed by atoms with E-state index < -0.39 is 14.1 Å². The smallest absolute Gasteiger partial charge is 0.326 e. The van der Waals surface area contributed by atoms with E-state index in [2.05, 4.69) is 13.8 Å². The van der Waals surface area contributed by atoms with Crippen molar-refractivity contribution in [3.05, 3.63) is 10.9 Å². The summed E-state index contributed by atoms with van der Waals surface area (Å²) in [5, 5.41) is 0.783. The Morgan fingerprint density at radius 1 is 0.913 bits per heavy atom. The SMILES string of the molecule is CC(C)=C(CP1(=O)OCC(C)(C)CO1)P1(=S)OCC(C)(C)CO1. The summed E-state index contributed by atoms with van der Waals surface area (Å²) >= 11 is 5.69. The fraction of sp³-hybridized carbons (Fsp3) is 0.867. The summed E-state index contributed by atoms with van der Waals surface area (Å²) in [4.78, 5) is 0. The molecular formula is C15H28O5P2S. The minimum Gasteiger partial charge on any atom is -0.326 e. The van der Waals surface area contributed by atoms with Crippen molar-refractivity contribution in [1.82, 2.24) is 0 Å². The van der Waals surface area contributed by atoms with E-state index in [1.165, 1.54) is 0 Å². The third-order valence-electron chi connectivity index (χ3n) is 3.81. The van der Waals surface area contributed by atoms with E-state index in [4.69, 9.17) is 29.9 Å². The van der Waals surface area contributed by atoms with Crippen molar-refractivity contribution < 1.29 is 22.7 Å². The van der Waals surface area contributed by atoms with Crippen molar-refractivity contribution in [2.75, 3.05) is 32.6 Å². The molecule has 0 aliphatic carbocycles. The molecule has 0 aromatic carbocycles. The molecule has 0 aromatic rings. The summed E-state index contributed by atoms with van der Waals surface area (Å²) in [5.74, 6) is 0. The zero-order valence-corrected chi connectivity index (χ0v) is 17.5. The second-order valence-corrected chi connectivity index (χ2v) is 13.7. The summed E-state index contributed by atoms with van der Waals surface area (Å²) in [5.41, 5.74) is 0.795. The van der Waals surface area contributed by atoms with Gasteiger partial charge in [0.25, 0.3) is 0 Å². The topological polar surface area (TPSA) is 54.0 Å². The zero-order valence-electron chi connectivity index (χ0n) is 14.9. The Morgan fingerprint density at radius 3 is 1.70 bits per heavy atom. The number of hydrogen-bond donors (Lipinski definition) is 0. The number of rotatable bonds is 3. The molecule has 2 aliphatic heterocycles. The average molecular weight is 382 g/mol. The van der Waals surface area contributed by atoms with Gasteiger partial charge >= 0.3 is 7.60 Å². The van der Waals surface area contributed by atoms with Crippen molar-refractivity contribution in [3.63, 3.8) is 0 Å². The van der Waals surface area contributed by atoms with Gasteiger partial charge in [0.1, 0.15) is 0 Å². The molecule has 2 saturated heterocycles. The van der Waals surface area contributed by atoms with Crippen LogP contribution in [0.4, 0.5) is 0 Å². The molecular weight excluding hydrogens is 354 g/mol. The molecule has 0 saturated carbocycles. The van der Waals surface area contributed by atoms with Gasteiger partial charge in [-0.05, 0) is 25.7 Å². The van der Waals surface area contributed by atoms with Gasteiger partial charge < -0.3 is 18.1 Å². The van der Waals surface area contributed by atoms with Gasteiger partial charge in [-0.2, -0.15) is 0 Å². The molecule has 5 nitrogen and oxygen atoms in total. The van der Waals surface area contributed by atoms with Crippen molar-refractivity contribution >= 4 is 25.9 Å². The summed E-state index contributed by atoms with van der Waals surface area (Å²) in [6.07, 6.45) is 0.156. The maximum Gasteiger partial charge on any atom is 0.335 e. The first-order valence-electron chi connectivity index (χ1n) is 7.81. The quantitative estimate of drug-likeness (QED) is 0.645. The molecule has 0 N–H and O–H groups in total. The summed E-state index contributed by atoms with van der Waals surface area (Å²) in [6, 6.07) is 0. The maximum absolute atomic E-state index is 12.9. The van der Waals surface area contributed by atoms with Gasteiger partial charge in [0.2, 0.25) is 6.49 Å². The van der Waals surface area contributed by atoms with Crippen LogP contribution >= 0.6 is 14.1 Å². The molecule has 2 aliphatic rings. The van der Waals surface area contributed by atoms with Crippen LogP contribution < -0.4 is 0 Å². The predicted molar refractivity (Wildman–Crippen MR) is 96.5 cm³/mol. The monoisotopic (exact) mass is 382 g/mol. The highest BCUT2D eigenvalue weighted by Crippen LogP contribution is 2.66. The Morgan fingerprint density at radius 2 is 1.30 bits per heavy atom. The lowest BCUT2D eigenvalue weighted by atomic mass is 9.97. The van der Waals surface area contributed by atoms with Crippen LogP contribution in [0.1, 0.15) is 41.5 Å². The van der Waals surface area contributed by atoms with Crippen LogP contribution in [0.5, 0.6) is 0 Å². The third kappa shape index (κ3) is 4.98. The van der Waals surface area contributed by atoms with Gasteiger partial charge in [-0.3, -0.25) is 4.57 Å². The van der Waals surface area contributed by atoms with Crippen LogP contribution in [0.2, 0.25) is 0 Å². The fourth-order valence-corrected chi connectivity index (χ4v) is 8.77. The number of hydrogen-bond acceptors (Lipinski definition) is 6. The standard InChI is InChI=1S/C15H28O5P2S/c1-12(2)13(22(23)19-10-15(5,6)11-20-22)7-21(16)17-8-14(3,4)9-18-21/h7-11H2,1-6H3. The van der Waals surface area contributed by atoms with E-state index in [1.54, 1.807) is 0 Å². The normalized spacial score (nSPS) is 28.1. The van der Waals surface area contributed by atoms with Gasteiger partial charge in [0, 0.05) is 16.1 Å². The van der Waals surface area contributed by atoms with Gasteiger partial charge in [0.15, 0.2) is 0 Å². The Balaban J connectivity index is 2.17. The van der Waals surface area contributed by atoms with E-state index >= 15 is 0 Å². The summed E-state index contributed by atoms with van der Waals surface area (Å²) in [7, 11) is -3.20. The van der Waals surface area contributed by atoms with Gasteiger partial charge in [-0.25, -0.2) is 0 Å². The van der Waals surface area contributed by atoms with Crippen LogP contribution in [0.3, 0.4) is 0 Å². The highest BCUT2D eigenvalue weighted by molar-refractivity contribution is 8.12. The Labute approximate surface area is 144 Å². The van der Waals surface area contributed by atoms with Crippen molar-refractivity contribution in [2.45, 2.75) is 41.5 Å². The third-order valence-corrected chi connectivity index (χ3v) is 9.30. The molecule has 0 aromatic heterocycles. The molecule has 0 atom stereocenters. The molecule has 134 valence electrons. The molecule has 0 amide bonds. The van der Waals surface area contributed by atoms with E-state index in [-0.39, 0.29) is 17.0 Å². The first-order valence-corrected chi connectivity index (χ1v) is 12.2. The minimum absolute atomic E-state index is 0.0543. The first kappa shape index (κ1) is 19.8. The van der Waals surface area contributed by atoms with E-state index in [1.807, 2.05) is 27.7 Å². The van der Waals surface area contributed by atoms with Crippen molar-refractivity contribution in [2.24, 2.45) is 10.8 Å². The molecule has 2 heterocycles. The van der Waals surface area contributed by atoms with Crippen molar-refractivity contribution in [1.29, 1.82) is 0 Å². The van der Waals surface area contributed by atoms with Crippen LogP contribution in [0.15, 0.2) is 10.9 Å². The zero-order chi connectivity index (χ0) is 17.5. The highest BCUT2D eigenvalue weighted by Gasteiger charge is 2.43. The van der Waals surface area contributed by atoms with Crippen LogP contribution in [-0.4, -0.2) is 32.6 Å². The predicted octanol–water partition coefficient (Wildman–Crippen LogP) is 4.93. The van der Waals surface area contributed by atoms with Gasteiger partial charge in [-0.15, -0.1) is 0 Å². The van der Waals surface area contributed by atoms with Crippen LogP contribution in [-0.2, 0) is 34.5 Å². The van der Waals surface area contributed by atoms with Crippen LogP contribution in [0, 0.1) is 10.8 Å². The molecule has 0 unspecified atom stereocenters. The Bertz CT molecular complexity index is 565. The minimum atomic E-state index is -3.20. The lowest BCUT2D eigenvalue weighted by molar-refractivity contribution is 0.0419. The largest absolute Gasteiger partial charge is 0.335 e. The van der Waals surface area contributed by atoms with Crippen LogP contribution in [0.25, 0.3) is 0 Å². The summed E-state index contributed by atoms with van der Waals surface area (Å²) < 4.78 is 36.0. The Hall–Kier alpha value is 0.460. The summed E-state index contributed by atoms with van der Waals surface area (Å²) in [6.45, 7) is 11.4. The molecule has 0 radical (unpaired) electrons. The molecule has 2 rings (SSSR count). The second kappa shape index (κ2) is 6.64. The maximum atomic E-state index is 12.9. The van der Waals surface area contributed by atoms with E-state index in [0.29, 0.717) is 26.4 Å². The van der Waals surface area contributed by atoms with E-state index in [0.717, 1.165) is 10.9 Å². The molecule has 0 bridgehead atoms. The fourth-order valence-electron chi connectivity index (χ4n) is 2.17. The molecule has 2 fully saturated rings. The molecule has 23 heavy (non-hydrogen) atoms. The average Bonchev–Trinajstić information content (AvgIpc) is 2.44. The molecule has 8 heteroatoms. The highest BCUT2D eigenvalue weighted by atomic mass is 32.5. The van der Waals surface area contributed by atoms with Gasteiger partial charge in [-0.1, -0.05) is 33.3 Å². The second-order valence-electron chi connectivity index (χ2n) is 8.14. The lowest BCUT2D eigenvalue weighted by Gasteiger charge is -2.39. The number of allylic oxidation sites excluding steroid dienone is 2. The van der Waals surface area contributed by atoms with E-state index in [9.17, 15) is 4.57 Å². The Kier molecular flexibility index (Phi) is 5.71. The molecule has 0 spiro atoms. The van der Waals surface area contributed by atoms with Gasteiger partial charge in [0.05, 0.1) is 32.6 Å².